The van der Waals surface area contributed by atoms with Gasteiger partial charge in [-0.05, 0) is 61.5 Å². The first-order valence-electron chi connectivity index (χ1n) is 8.62. The molecule has 0 spiro atoms. The Labute approximate surface area is 161 Å². The van der Waals surface area contributed by atoms with E-state index in [1.807, 2.05) is 0 Å². The van der Waals surface area contributed by atoms with E-state index >= 15 is 0 Å². The van der Waals surface area contributed by atoms with Gasteiger partial charge in [-0.2, -0.15) is 0 Å². The zero-order chi connectivity index (χ0) is 19.9. The summed E-state index contributed by atoms with van der Waals surface area (Å²) in [6.07, 6.45) is 1.42. The second-order valence-electron chi connectivity index (χ2n) is 5.82. The van der Waals surface area contributed by atoms with Crippen LogP contribution in [0.3, 0.4) is 0 Å². The van der Waals surface area contributed by atoms with Crippen LogP contribution >= 0.6 is 0 Å². The van der Waals surface area contributed by atoms with Crippen LogP contribution < -0.4 is 10.6 Å². The summed E-state index contributed by atoms with van der Waals surface area (Å²) in [7, 11) is 0. The van der Waals surface area contributed by atoms with Gasteiger partial charge in [0, 0.05) is 17.6 Å². The molecular formula is C21H18FN3O3. The minimum atomic E-state index is -0.411. The van der Waals surface area contributed by atoms with Crippen LogP contribution in [0.1, 0.15) is 27.6 Å². The lowest BCUT2D eigenvalue weighted by Gasteiger charge is -2.08. The van der Waals surface area contributed by atoms with Gasteiger partial charge < -0.3 is 15.4 Å². The third-order valence-corrected chi connectivity index (χ3v) is 3.78. The summed E-state index contributed by atoms with van der Waals surface area (Å²) in [5, 5.41) is 5.69. The van der Waals surface area contributed by atoms with E-state index in [9.17, 15) is 14.0 Å². The van der Waals surface area contributed by atoms with Gasteiger partial charge >= 0.3 is 5.97 Å². The summed E-state index contributed by atoms with van der Waals surface area (Å²) in [6.45, 7) is 2.04. The molecule has 142 valence electrons. The minimum absolute atomic E-state index is 0.300. The third-order valence-electron chi connectivity index (χ3n) is 3.78. The second kappa shape index (κ2) is 8.77. The molecule has 0 saturated heterocycles. The number of hydrogen-bond donors (Lipinski definition) is 2. The van der Waals surface area contributed by atoms with Crippen LogP contribution in [0.4, 0.5) is 21.6 Å². The SMILES string of the molecule is CCOC(=O)c1ccc(NC(=O)c2ccc(Nc3cccc(F)c3)nc2)cc1. The average molecular weight is 379 g/mol. The quantitative estimate of drug-likeness (QED) is 0.621. The largest absolute Gasteiger partial charge is 0.462 e. The molecule has 3 rings (SSSR count). The first kappa shape index (κ1) is 19.0. The van der Waals surface area contributed by atoms with Crippen molar-refractivity contribution in [1.29, 1.82) is 0 Å². The number of nitrogens with zero attached hydrogens (tertiary/aromatic N) is 1. The van der Waals surface area contributed by atoms with Crippen LogP contribution in [0.2, 0.25) is 0 Å². The van der Waals surface area contributed by atoms with E-state index in [-0.39, 0.29) is 11.7 Å². The molecule has 1 aromatic heterocycles. The summed E-state index contributed by atoms with van der Waals surface area (Å²) in [5.74, 6) is -0.615. The van der Waals surface area contributed by atoms with Crippen molar-refractivity contribution in [2.24, 2.45) is 0 Å². The van der Waals surface area contributed by atoms with Crippen molar-refractivity contribution in [1.82, 2.24) is 4.98 Å². The van der Waals surface area contributed by atoms with Crippen molar-refractivity contribution in [3.05, 3.63) is 83.8 Å². The lowest BCUT2D eigenvalue weighted by molar-refractivity contribution is 0.0526. The molecule has 7 heteroatoms. The zero-order valence-electron chi connectivity index (χ0n) is 15.1. The number of hydrogen-bond acceptors (Lipinski definition) is 5. The van der Waals surface area contributed by atoms with E-state index in [1.54, 1.807) is 55.5 Å². The van der Waals surface area contributed by atoms with E-state index in [0.717, 1.165) is 0 Å². The van der Waals surface area contributed by atoms with Crippen molar-refractivity contribution < 1.29 is 18.7 Å². The molecule has 3 aromatic rings. The molecule has 0 aliphatic carbocycles. The number of anilines is 3. The number of carbonyl (C=O) groups is 2. The number of benzene rings is 2. The number of rotatable bonds is 6. The highest BCUT2D eigenvalue weighted by atomic mass is 19.1. The van der Waals surface area contributed by atoms with Crippen molar-refractivity contribution in [3.8, 4) is 0 Å². The first-order valence-corrected chi connectivity index (χ1v) is 8.62. The van der Waals surface area contributed by atoms with Gasteiger partial charge in [-0.1, -0.05) is 6.07 Å². The molecule has 0 bridgehead atoms. The Bertz CT molecular complexity index is 973. The van der Waals surface area contributed by atoms with Crippen LogP contribution in [0.5, 0.6) is 0 Å². The van der Waals surface area contributed by atoms with Gasteiger partial charge in [0.15, 0.2) is 0 Å². The van der Waals surface area contributed by atoms with Gasteiger partial charge in [0.05, 0.1) is 17.7 Å². The molecule has 6 nitrogen and oxygen atoms in total. The van der Waals surface area contributed by atoms with Gasteiger partial charge in [-0.25, -0.2) is 14.2 Å². The molecule has 0 fully saturated rings. The van der Waals surface area contributed by atoms with Crippen molar-refractivity contribution >= 4 is 29.1 Å². The molecule has 0 atom stereocenters. The molecule has 0 saturated carbocycles. The van der Waals surface area contributed by atoms with Gasteiger partial charge in [-0.3, -0.25) is 4.79 Å². The fourth-order valence-corrected chi connectivity index (χ4v) is 2.42. The maximum absolute atomic E-state index is 13.2. The van der Waals surface area contributed by atoms with Crippen LogP contribution in [-0.2, 0) is 4.74 Å². The lowest BCUT2D eigenvalue weighted by atomic mass is 10.2. The average Bonchev–Trinajstić information content (AvgIpc) is 2.69. The Hall–Kier alpha value is -3.74. The number of pyridine rings is 1. The zero-order valence-corrected chi connectivity index (χ0v) is 15.1. The number of amides is 1. The van der Waals surface area contributed by atoms with E-state index in [4.69, 9.17) is 4.74 Å². The van der Waals surface area contributed by atoms with Gasteiger partial charge in [-0.15, -0.1) is 0 Å². The maximum Gasteiger partial charge on any atom is 0.338 e. The Balaban J connectivity index is 1.62. The van der Waals surface area contributed by atoms with Crippen LogP contribution in [-0.4, -0.2) is 23.5 Å². The number of aromatic nitrogens is 1. The fraction of sp³-hybridized carbons (Fsp3) is 0.0952. The molecule has 28 heavy (non-hydrogen) atoms. The summed E-state index contributed by atoms with van der Waals surface area (Å²) in [6, 6.07) is 15.6. The predicted octanol–water partition coefficient (Wildman–Crippen LogP) is 4.39. The minimum Gasteiger partial charge on any atom is -0.462 e. The van der Waals surface area contributed by atoms with Gasteiger partial charge in [0.25, 0.3) is 5.91 Å². The molecular weight excluding hydrogens is 361 g/mol. The number of nitrogens with one attached hydrogen (secondary N) is 2. The first-order chi connectivity index (χ1) is 13.5. The maximum atomic E-state index is 13.2. The Morgan fingerprint density at radius 2 is 1.75 bits per heavy atom. The fourth-order valence-electron chi connectivity index (χ4n) is 2.42. The van der Waals surface area contributed by atoms with Crippen molar-refractivity contribution in [2.75, 3.05) is 17.2 Å². The smallest absolute Gasteiger partial charge is 0.338 e. The highest BCUT2D eigenvalue weighted by molar-refractivity contribution is 6.04. The Kier molecular flexibility index (Phi) is 5.96. The van der Waals surface area contributed by atoms with E-state index in [0.29, 0.717) is 34.9 Å². The van der Waals surface area contributed by atoms with Gasteiger partial charge in [0.2, 0.25) is 0 Å². The summed E-state index contributed by atoms with van der Waals surface area (Å²) in [5.41, 5.74) is 1.87. The predicted molar refractivity (Wildman–Crippen MR) is 104 cm³/mol. The standard InChI is InChI=1S/C21H18FN3O3/c1-2-28-21(27)14-6-9-17(10-7-14)25-20(26)15-8-11-19(23-13-15)24-18-5-3-4-16(22)12-18/h3-13H,2H2,1H3,(H,23,24)(H,25,26). The molecule has 0 aliphatic heterocycles. The lowest BCUT2D eigenvalue weighted by Crippen LogP contribution is -2.12. The highest BCUT2D eigenvalue weighted by Crippen LogP contribution is 2.17. The molecule has 0 unspecified atom stereocenters. The summed E-state index contributed by atoms with van der Waals surface area (Å²) < 4.78 is 18.1. The summed E-state index contributed by atoms with van der Waals surface area (Å²) in [4.78, 5) is 28.1. The normalized spacial score (nSPS) is 10.2. The highest BCUT2D eigenvalue weighted by Gasteiger charge is 2.09. The molecule has 1 amide bonds. The molecule has 2 N–H and O–H groups in total. The van der Waals surface area contributed by atoms with Gasteiger partial charge in [0.1, 0.15) is 11.6 Å². The molecule has 0 radical (unpaired) electrons. The van der Waals surface area contributed by atoms with Crippen molar-refractivity contribution in [2.45, 2.75) is 6.92 Å². The van der Waals surface area contributed by atoms with Crippen LogP contribution in [0.15, 0.2) is 66.9 Å². The van der Waals surface area contributed by atoms with Crippen LogP contribution in [0, 0.1) is 5.82 Å². The number of esters is 1. The topological polar surface area (TPSA) is 80.3 Å². The Morgan fingerprint density at radius 3 is 2.39 bits per heavy atom. The third kappa shape index (κ3) is 4.91. The molecule has 2 aromatic carbocycles. The monoisotopic (exact) mass is 379 g/mol. The molecule has 1 heterocycles. The molecule has 0 aliphatic rings. The van der Waals surface area contributed by atoms with E-state index in [1.165, 1.54) is 18.3 Å². The van der Waals surface area contributed by atoms with E-state index in [2.05, 4.69) is 15.6 Å². The second-order valence-corrected chi connectivity index (χ2v) is 5.82. The van der Waals surface area contributed by atoms with Crippen molar-refractivity contribution in [3.63, 3.8) is 0 Å². The van der Waals surface area contributed by atoms with E-state index < -0.39 is 5.97 Å². The van der Waals surface area contributed by atoms with Crippen LogP contribution in [0.25, 0.3) is 0 Å². The summed E-state index contributed by atoms with van der Waals surface area (Å²) >= 11 is 0. The number of halogens is 1. The Morgan fingerprint density at radius 1 is 1.00 bits per heavy atom. The number of ether oxygens (including phenoxy) is 1. The number of carbonyl (C=O) groups excluding carboxylic acids is 2.